The van der Waals surface area contributed by atoms with E-state index in [9.17, 15) is 0 Å². The highest BCUT2D eigenvalue weighted by Crippen LogP contribution is 2.44. The molecule has 3 aliphatic heterocycles. The first-order valence-electron chi connectivity index (χ1n) is 6.56. The van der Waals surface area contributed by atoms with E-state index in [1.54, 1.807) is 0 Å². The molecule has 1 unspecified atom stereocenters. The van der Waals surface area contributed by atoms with E-state index in [1.807, 2.05) is 18.4 Å². The van der Waals surface area contributed by atoms with Gasteiger partial charge in [0, 0.05) is 12.2 Å². The lowest BCUT2D eigenvalue weighted by Crippen LogP contribution is -2.51. The maximum Gasteiger partial charge on any atom is 0.144 e. The first kappa shape index (κ1) is 9.77. The highest BCUT2D eigenvalue weighted by molar-refractivity contribution is 5.41. The predicted molar refractivity (Wildman–Crippen MR) is 66.0 cm³/mol. The molecule has 0 aromatic heterocycles. The van der Waals surface area contributed by atoms with Crippen molar-refractivity contribution in [3.8, 4) is 0 Å². The van der Waals surface area contributed by atoms with Gasteiger partial charge in [-0.25, -0.2) is 0 Å². The smallest absolute Gasteiger partial charge is 0.144 e. The van der Waals surface area contributed by atoms with Crippen LogP contribution in [0, 0.1) is 5.92 Å². The van der Waals surface area contributed by atoms with Crippen molar-refractivity contribution in [2.45, 2.75) is 43.9 Å². The minimum atomic E-state index is -0.181. The Morgan fingerprint density at radius 1 is 1.41 bits per heavy atom. The summed E-state index contributed by atoms with van der Waals surface area (Å²) in [4.78, 5) is 0. The number of ether oxygens (including phenoxy) is 1. The standard InChI is InChI=1S/C14H18N2O/c1-14(13-9-4-5-10(7-9)16-13)8-11-12(17-14)3-2-6-15-11/h2-3,6,8-10,13,15-16H,4-5,7H2,1H3/t9-,10+,13-,14?/m0/s1. The topological polar surface area (TPSA) is 33.3 Å². The van der Waals surface area contributed by atoms with Gasteiger partial charge in [-0.1, -0.05) is 0 Å². The van der Waals surface area contributed by atoms with Crippen LogP contribution in [0.5, 0.6) is 0 Å². The van der Waals surface area contributed by atoms with Gasteiger partial charge >= 0.3 is 0 Å². The largest absolute Gasteiger partial charge is 0.480 e. The summed E-state index contributed by atoms with van der Waals surface area (Å²) in [6.07, 6.45) is 12.3. The summed E-state index contributed by atoms with van der Waals surface area (Å²) in [5.74, 6) is 1.77. The number of piperidine rings is 1. The number of dihydropyridines is 1. The van der Waals surface area contributed by atoms with Crippen molar-refractivity contribution in [3.05, 3.63) is 35.9 Å². The predicted octanol–water partition coefficient (Wildman–Crippen LogP) is 1.80. The molecule has 0 spiro atoms. The molecule has 3 nitrogen and oxygen atoms in total. The van der Waals surface area contributed by atoms with Gasteiger partial charge in [0.1, 0.15) is 11.4 Å². The number of fused-ring (bicyclic) bond motifs is 3. The fourth-order valence-corrected chi connectivity index (χ4v) is 3.84. The summed E-state index contributed by atoms with van der Waals surface area (Å²) in [5.41, 5.74) is 0.944. The zero-order valence-corrected chi connectivity index (χ0v) is 10.1. The second-order valence-electron chi connectivity index (χ2n) is 5.79. The zero-order valence-electron chi connectivity index (χ0n) is 10.1. The quantitative estimate of drug-likeness (QED) is 0.720. The fraction of sp³-hybridized carbons (Fsp3) is 0.571. The SMILES string of the molecule is CC1([C@H]2N[C@@H]3CC[C@H]2C3)C=C2NC=CC=C2O1. The Bertz CT molecular complexity index is 451. The molecule has 2 bridgehead atoms. The maximum absolute atomic E-state index is 6.18. The van der Waals surface area contributed by atoms with Gasteiger partial charge in [0.15, 0.2) is 0 Å². The number of hydrogen-bond donors (Lipinski definition) is 2. The molecule has 17 heavy (non-hydrogen) atoms. The Balaban J connectivity index is 1.65. The Morgan fingerprint density at radius 3 is 3.06 bits per heavy atom. The van der Waals surface area contributed by atoms with E-state index in [0.717, 1.165) is 23.4 Å². The van der Waals surface area contributed by atoms with Crippen molar-refractivity contribution in [2.24, 2.45) is 5.92 Å². The summed E-state index contributed by atoms with van der Waals surface area (Å²) >= 11 is 0. The lowest BCUT2D eigenvalue weighted by atomic mass is 9.86. The van der Waals surface area contributed by atoms with Crippen LogP contribution in [0.1, 0.15) is 26.2 Å². The maximum atomic E-state index is 6.18. The van der Waals surface area contributed by atoms with Crippen molar-refractivity contribution in [3.63, 3.8) is 0 Å². The van der Waals surface area contributed by atoms with Gasteiger partial charge < -0.3 is 15.4 Å². The molecule has 4 aliphatic rings. The molecule has 4 atom stereocenters. The third kappa shape index (κ3) is 1.32. The van der Waals surface area contributed by atoms with Gasteiger partial charge in [0.05, 0.1) is 11.7 Å². The van der Waals surface area contributed by atoms with Gasteiger partial charge in [0.2, 0.25) is 0 Å². The van der Waals surface area contributed by atoms with Crippen molar-refractivity contribution in [2.75, 3.05) is 0 Å². The average molecular weight is 230 g/mol. The third-order valence-corrected chi connectivity index (χ3v) is 4.59. The molecule has 90 valence electrons. The Morgan fingerprint density at radius 2 is 2.35 bits per heavy atom. The Hall–Kier alpha value is -1.22. The summed E-state index contributed by atoms with van der Waals surface area (Å²) < 4.78 is 6.18. The highest BCUT2D eigenvalue weighted by Gasteiger charge is 2.51. The van der Waals surface area contributed by atoms with Crippen LogP contribution in [-0.4, -0.2) is 17.7 Å². The lowest BCUT2D eigenvalue weighted by molar-refractivity contribution is 0.0305. The molecule has 1 saturated heterocycles. The molecule has 0 radical (unpaired) electrons. The van der Waals surface area contributed by atoms with E-state index in [2.05, 4.69) is 23.6 Å². The molecule has 2 fully saturated rings. The number of hydrogen-bond acceptors (Lipinski definition) is 3. The van der Waals surface area contributed by atoms with Crippen molar-refractivity contribution in [1.29, 1.82) is 0 Å². The average Bonchev–Trinajstić information content (AvgIpc) is 3.00. The minimum absolute atomic E-state index is 0.181. The molecule has 1 saturated carbocycles. The first-order chi connectivity index (χ1) is 8.24. The normalized spacial score (nSPS) is 46.1. The molecule has 3 heterocycles. The van der Waals surface area contributed by atoms with Crippen molar-refractivity contribution in [1.82, 2.24) is 10.6 Å². The molecule has 2 N–H and O–H groups in total. The molecule has 1 aliphatic carbocycles. The van der Waals surface area contributed by atoms with Gasteiger partial charge in [0.25, 0.3) is 0 Å². The molecule has 3 heteroatoms. The van der Waals surface area contributed by atoms with Gasteiger partial charge in [-0.05, 0) is 50.3 Å². The van der Waals surface area contributed by atoms with Crippen LogP contribution >= 0.6 is 0 Å². The Labute approximate surface area is 102 Å². The molecule has 0 aromatic carbocycles. The molecule has 0 aromatic rings. The van der Waals surface area contributed by atoms with E-state index < -0.39 is 0 Å². The third-order valence-electron chi connectivity index (χ3n) is 4.59. The van der Waals surface area contributed by atoms with Crippen molar-refractivity contribution < 1.29 is 4.74 Å². The van der Waals surface area contributed by atoms with Crippen LogP contribution in [0.3, 0.4) is 0 Å². The highest BCUT2D eigenvalue weighted by atomic mass is 16.5. The van der Waals surface area contributed by atoms with Crippen LogP contribution in [0.15, 0.2) is 35.9 Å². The zero-order chi connectivity index (χ0) is 11.5. The second kappa shape index (κ2) is 3.16. The van der Waals surface area contributed by atoms with Crippen LogP contribution in [0.2, 0.25) is 0 Å². The lowest BCUT2D eigenvalue weighted by Gasteiger charge is -2.35. The van der Waals surface area contributed by atoms with Gasteiger partial charge in [-0.15, -0.1) is 0 Å². The van der Waals surface area contributed by atoms with Crippen LogP contribution in [-0.2, 0) is 4.74 Å². The van der Waals surface area contributed by atoms with Crippen molar-refractivity contribution >= 4 is 0 Å². The number of rotatable bonds is 1. The van der Waals surface area contributed by atoms with E-state index in [1.165, 1.54) is 19.3 Å². The molecule has 0 amide bonds. The number of nitrogens with one attached hydrogen (secondary N) is 2. The second-order valence-corrected chi connectivity index (χ2v) is 5.79. The monoisotopic (exact) mass is 230 g/mol. The van der Waals surface area contributed by atoms with E-state index in [0.29, 0.717) is 6.04 Å². The number of allylic oxidation sites excluding steroid dienone is 2. The molecular weight excluding hydrogens is 212 g/mol. The van der Waals surface area contributed by atoms with Crippen LogP contribution in [0.4, 0.5) is 0 Å². The van der Waals surface area contributed by atoms with E-state index in [4.69, 9.17) is 4.74 Å². The summed E-state index contributed by atoms with van der Waals surface area (Å²) in [6.45, 7) is 2.21. The first-order valence-corrected chi connectivity index (χ1v) is 6.56. The van der Waals surface area contributed by atoms with Gasteiger partial charge in [-0.3, -0.25) is 0 Å². The minimum Gasteiger partial charge on any atom is -0.480 e. The molecule has 4 rings (SSSR count). The van der Waals surface area contributed by atoms with Crippen LogP contribution in [0.25, 0.3) is 0 Å². The molecular formula is C14H18N2O. The summed E-state index contributed by atoms with van der Waals surface area (Å²) in [5, 5.41) is 7.00. The van der Waals surface area contributed by atoms with Gasteiger partial charge in [-0.2, -0.15) is 0 Å². The summed E-state index contributed by atoms with van der Waals surface area (Å²) in [6, 6.07) is 1.20. The summed E-state index contributed by atoms with van der Waals surface area (Å²) in [7, 11) is 0. The fourth-order valence-electron chi connectivity index (χ4n) is 3.84. The van der Waals surface area contributed by atoms with Crippen LogP contribution < -0.4 is 10.6 Å². The van der Waals surface area contributed by atoms with E-state index in [-0.39, 0.29) is 5.60 Å². The van der Waals surface area contributed by atoms with E-state index >= 15 is 0 Å². The Kier molecular flexibility index (Phi) is 1.82.